The highest BCUT2D eigenvalue weighted by atomic mass is 19.2. The lowest BCUT2D eigenvalue weighted by Gasteiger charge is -2.44. The summed E-state index contributed by atoms with van der Waals surface area (Å²) in [5.74, 6) is -2.94. The lowest BCUT2D eigenvalue weighted by molar-refractivity contribution is 0.0596. The second kappa shape index (κ2) is 12.5. The standard InChI is InChI=1S/C34H46F3NO3/c1-20(8-6-14-33(3,4)41)26-12-13-27-22(9-7-15-34(26,27)5)10-11-23-16-24(39)17-31(21(23)2)38-32(40)25-18-29(36)30(37)19-28(25)35/h10-11,18-20,24,26-27,31,39,41H,2,6-9,12-17H2,1,3-5H3,(H,38,40)/b22-10+,23-11-/t20-,24-,26-,27+,31+,34-/m1/s1. The molecule has 7 heteroatoms. The molecule has 3 aliphatic carbocycles. The van der Waals surface area contributed by atoms with Gasteiger partial charge in [0.15, 0.2) is 11.6 Å². The molecule has 0 unspecified atom stereocenters. The van der Waals surface area contributed by atoms with E-state index in [-0.39, 0.29) is 11.8 Å². The van der Waals surface area contributed by atoms with Gasteiger partial charge in [-0.1, -0.05) is 51.0 Å². The van der Waals surface area contributed by atoms with Gasteiger partial charge in [0.25, 0.3) is 5.91 Å². The molecule has 0 bridgehead atoms. The van der Waals surface area contributed by atoms with Crippen LogP contribution >= 0.6 is 0 Å². The van der Waals surface area contributed by atoms with Gasteiger partial charge in [-0.05, 0) is 106 Å². The number of benzene rings is 1. The van der Waals surface area contributed by atoms with Crippen LogP contribution in [-0.4, -0.2) is 33.9 Å². The first kappa shape index (κ1) is 31.6. The quantitative estimate of drug-likeness (QED) is 0.281. The Morgan fingerprint density at radius 2 is 1.90 bits per heavy atom. The molecule has 226 valence electrons. The van der Waals surface area contributed by atoms with Gasteiger partial charge in [-0.2, -0.15) is 0 Å². The monoisotopic (exact) mass is 573 g/mol. The minimum absolute atomic E-state index is 0.206. The largest absolute Gasteiger partial charge is 0.393 e. The van der Waals surface area contributed by atoms with E-state index in [1.807, 2.05) is 19.9 Å². The number of carbonyl (C=O) groups excluding carboxylic acids is 1. The Morgan fingerprint density at radius 1 is 1.20 bits per heavy atom. The highest BCUT2D eigenvalue weighted by Crippen LogP contribution is 2.60. The molecule has 1 aromatic rings. The summed E-state index contributed by atoms with van der Waals surface area (Å²) in [5.41, 5.74) is 1.92. The third-order valence-corrected chi connectivity index (χ3v) is 10.0. The molecule has 3 aliphatic rings. The average molecular weight is 574 g/mol. The smallest absolute Gasteiger partial charge is 0.254 e. The van der Waals surface area contributed by atoms with Crippen LogP contribution in [0, 0.1) is 40.6 Å². The SMILES string of the molecule is C=C1/C(=C\C=C2/CCC[C@]3(C)[C@@H]([C@H](C)CCCC(C)(C)O)CC[C@@H]23)C[C@@H](O)C[C@@H]1NC(=O)c1cc(F)c(F)cc1F. The summed E-state index contributed by atoms with van der Waals surface area (Å²) >= 11 is 0. The van der Waals surface area contributed by atoms with E-state index in [0.29, 0.717) is 41.9 Å². The minimum atomic E-state index is -1.36. The average Bonchev–Trinajstić information content (AvgIpc) is 3.24. The molecule has 0 spiro atoms. The van der Waals surface area contributed by atoms with Crippen LogP contribution < -0.4 is 5.32 Å². The summed E-state index contributed by atoms with van der Waals surface area (Å²) in [6.45, 7) is 12.7. The maximum absolute atomic E-state index is 14.2. The first-order chi connectivity index (χ1) is 19.2. The molecular weight excluding hydrogens is 527 g/mol. The summed E-state index contributed by atoms with van der Waals surface area (Å²) in [5, 5.41) is 23.3. The number of fused-ring (bicyclic) bond motifs is 1. The zero-order valence-electron chi connectivity index (χ0n) is 24.9. The van der Waals surface area contributed by atoms with Gasteiger partial charge >= 0.3 is 0 Å². The van der Waals surface area contributed by atoms with Gasteiger partial charge in [0.2, 0.25) is 0 Å². The highest BCUT2D eigenvalue weighted by Gasteiger charge is 2.50. The maximum Gasteiger partial charge on any atom is 0.254 e. The molecule has 41 heavy (non-hydrogen) atoms. The summed E-state index contributed by atoms with van der Waals surface area (Å²) in [6.07, 6.45) is 12.8. The van der Waals surface area contributed by atoms with Crippen LogP contribution in [0.25, 0.3) is 0 Å². The summed E-state index contributed by atoms with van der Waals surface area (Å²) < 4.78 is 41.1. The van der Waals surface area contributed by atoms with Gasteiger partial charge in [0, 0.05) is 6.07 Å². The Bertz CT molecular complexity index is 1220. The van der Waals surface area contributed by atoms with Gasteiger partial charge < -0.3 is 15.5 Å². The van der Waals surface area contributed by atoms with Crippen molar-refractivity contribution in [1.82, 2.24) is 5.32 Å². The van der Waals surface area contributed by atoms with E-state index in [9.17, 15) is 28.2 Å². The number of rotatable bonds is 8. The highest BCUT2D eigenvalue weighted by molar-refractivity contribution is 5.95. The molecule has 0 aliphatic heterocycles. The normalized spacial score (nSPS) is 31.4. The van der Waals surface area contributed by atoms with Gasteiger partial charge in [0.1, 0.15) is 5.82 Å². The number of carbonyl (C=O) groups is 1. The van der Waals surface area contributed by atoms with Crippen LogP contribution in [0.2, 0.25) is 0 Å². The van der Waals surface area contributed by atoms with Crippen LogP contribution in [-0.2, 0) is 0 Å². The predicted molar refractivity (Wildman–Crippen MR) is 156 cm³/mol. The Labute approximate surface area is 242 Å². The Morgan fingerprint density at radius 3 is 2.61 bits per heavy atom. The molecule has 3 N–H and O–H groups in total. The number of halogens is 3. The second-order valence-electron chi connectivity index (χ2n) is 13.6. The molecule has 0 radical (unpaired) electrons. The maximum atomic E-state index is 14.2. The number of amides is 1. The van der Waals surface area contributed by atoms with Crippen LogP contribution in [0.3, 0.4) is 0 Å². The van der Waals surface area contributed by atoms with Crippen molar-refractivity contribution in [2.24, 2.45) is 23.2 Å². The Kier molecular flexibility index (Phi) is 9.59. The van der Waals surface area contributed by atoms with Crippen molar-refractivity contribution in [2.45, 2.75) is 110 Å². The lowest BCUT2D eigenvalue weighted by atomic mass is 9.60. The predicted octanol–water partition coefficient (Wildman–Crippen LogP) is 7.56. The first-order valence-electron chi connectivity index (χ1n) is 15.1. The second-order valence-corrected chi connectivity index (χ2v) is 13.6. The van der Waals surface area contributed by atoms with Gasteiger partial charge in [-0.3, -0.25) is 4.79 Å². The number of nitrogens with one attached hydrogen (secondary N) is 1. The van der Waals surface area contributed by atoms with Crippen molar-refractivity contribution in [1.29, 1.82) is 0 Å². The zero-order chi connectivity index (χ0) is 30.1. The van der Waals surface area contributed by atoms with Crippen molar-refractivity contribution in [3.8, 4) is 0 Å². The van der Waals surface area contributed by atoms with Crippen LogP contribution in [0.15, 0.2) is 47.6 Å². The van der Waals surface area contributed by atoms with Gasteiger partial charge in [0.05, 0.1) is 23.3 Å². The van der Waals surface area contributed by atoms with E-state index >= 15 is 0 Å². The van der Waals surface area contributed by atoms with Gasteiger partial charge in [-0.25, -0.2) is 13.2 Å². The topological polar surface area (TPSA) is 69.6 Å². The number of allylic oxidation sites excluding steroid dienone is 3. The third-order valence-electron chi connectivity index (χ3n) is 10.0. The summed E-state index contributed by atoms with van der Waals surface area (Å²) in [7, 11) is 0. The minimum Gasteiger partial charge on any atom is -0.393 e. The van der Waals surface area contributed by atoms with Crippen molar-refractivity contribution in [2.75, 3.05) is 0 Å². The number of aliphatic hydroxyl groups is 2. The summed E-state index contributed by atoms with van der Waals surface area (Å²) in [6, 6.07) is 0.251. The van der Waals surface area contributed by atoms with E-state index in [1.54, 1.807) is 0 Å². The molecule has 1 aromatic carbocycles. The molecule has 1 amide bonds. The van der Waals surface area contributed by atoms with E-state index in [1.165, 1.54) is 18.4 Å². The van der Waals surface area contributed by atoms with Crippen molar-refractivity contribution in [3.05, 3.63) is 70.6 Å². The fourth-order valence-corrected chi connectivity index (χ4v) is 7.84. The molecule has 0 saturated heterocycles. The molecule has 4 rings (SSSR count). The molecular formula is C34H46F3NO3. The summed E-state index contributed by atoms with van der Waals surface area (Å²) in [4.78, 5) is 12.7. The fourth-order valence-electron chi connectivity index (χ4n) is 7.84. The first-order valence-corrected chi connectivity index (χ1v) is 15.1. The lowest BCUT2D eigenvalue weighted by Crippen LogP contribution is -2.42. The van der Waals surface area contributed by atoms with Crippen LogP contribution in [0.1, 0.15) is 102 Å². The van der Waals surface area contributed by atoms with Crippen molar-refractivity contribution in [3.63, 3.8) is 0 Å². The van der Waals surface area contributed by atoms with Crippen LogP contribution in [0.5, 0.6) is 0 Å². The zero-order valence-corrected chi connectivity index (χ0v) is 24.9. The van der Waals surface area contributed by atoms with E-state index in [2.05, 4.69) is 31.8 Å². The van der Waals surface area contributed by atoms with E-state index < -0.39 is 46.7 Å². The molecule has 0 aromatic heterocycles. The van der Waals surface area contributed by atoms with Crippen molar-refractivity contribution >= 4 is 5.91 Å². The molecule has 6 atom stereocenters. The molecule has 3 saturated carbocycles. The van der Waals surface area contributed by atoms with E-state index in [4.69, 9.17) is 0 Å². The Hall–Kier alpha value is -2.38. The van der Waals surface area contributed by atoms with Gasteiger partial charge in [-0.15, -0.1) is 0 Å². The molecule has 0 heterocycles. The van der Waals surface area contributed by atoms with Crippen LogP contribution in [0.4, 0.5) is 13.2 Å². The molecule has 3 fully saturated rings. The number of aliphatic hydroxyl groups excluding tert-OH is 1. The fraction of sp³-hybridized carbons (Fsp3) is 0.618. The molecule has 4 nitrogen and oxygen atoms in total. The Balaban J connectivity index is 1.46. The number of hydrogen-bond acceptors (Lipinski definition) is 3. The van der Waals surface area contributed by atoms with E-state index in [0.717, 1.165) is 44.1 Å². The number of hydrogen-bond donors (Lipinski definition) is 3. The third kappa shape index (κ3) is 7.16. The van der Waals surface area contributed by atoms with Crippen molar-refractivity contribution < 1.29 is 28.2 Å².